The van der Waals surface area contributed by atoms with Gasteiger partial charge >= 0.3 is 0 Å². The first-order chi connectivity index (χ1) is 10.2. The van der Waals surface area contributed by atoms with Crippen LogP contribution in [0.15, 0.2) is 60.7 Å². The first-order valence-electron chi connectivity index (χ1n) is 6.96. The highest BCUT2D eigenvalue weighted by Gasteiger charge is 2.19. The van der Waals surface area contributed by atoms with Gasteiger partial charge in [0.15, 0.2) is 0 Å². The van der Waals surface area contributed by atoms with E-state index in [2.05, 4.69) is 5.32 Å². The molecule has 110 valence electrons. The molecule has 0 spiro atoms. The summed E-state index contributed by atoms with van der Waals surface area (Å²) in [5.74, 6) is -0.281. The van der Waals surface area contributed by atoms with E-state index in [1.807, 2.05) is 60.7 Å². The number of carbonyl (C=O) groups excluding carboxylic acids is 1. The predicted molar refractivity (Wildman–Crippen MR) is 82.5 cm³/mol. The lowest BCUT2D eigenvalue weighted by Crippen LogP contribution is -2.43. The summed E-state index contributed by atoms with van der Waals surface area (Å²) in [7, 11) is 0. The first kappa shape index (κ1) is 15.2. The molecule has 0 bridgehead atoms. The summed E-state index contributed by atoms with van der Waals surface area (Å²) < 4.78 is 0. The molecule has 2 aromatic carbocycles. The molecule has 21 heavy (non-hydrogen) atoms. The maximum Gasteiger partial charge on any atom is 0.241 e. The second kappa shape index (κ2) is 7.57. The highest BCUT2D eigenvalue weighted by atomic mass is 16.3. The molecule has 2 rings (SSSR count). The monoisotopic (exact) mass is 284 g/mol. The molecule has 0 aliphatic carbocycles. The largest absolute Gasteiger partial charge is 0.394 e. The number of rotatable bonds is 6. The molecule has 0 radical (unpaired) electrons. The van der Waals surface area contributed by atoms with E-state index in [0.29, 0.717) is 6.42 Å². The summed E-state index contributed by atoms with van der Waals surface area (Å²) in [6.45, 7) is -0.123. The fourth-order valence-corrected chi connectivity index (χ4v) is 2.16. The van der Waals surface area contributed by atoms with E-state index in [0.717, 1.165) is 11.1 Å². The van der Waals surface area contributed by atoms with E-state index >= 15 is 0 Å². The van der Waals surface area contributed by atoms with Crippen molar-refractivity contribution in [1.82, 2.24) is 5.32 Å². The van der Waals surface area contributed by atoms with Crippen LogP contribution in [0.2, 0.25) is 0 Å². The zero-order valence-electron chi connectivity index (χ0n) is 11.8. The van der Waals surface area contributed by atoms with E-state index in [-0.39, 0.29) is 18.6 Å². The minimum absolute atomic E-state index is 0.123. The summed E-state index contributed by atoms with van der Waals surface area (Å²) in [4.78, 5) is 12.2. The van der Waals surface area contributed by atoms with Crippen LogP contribution in [0.3, 0.4) is 0 Å². The molecule has 4 nitrogen and oxygen atoms in total. The molecule has 4 heteroatoms. The Morgan fingerprint density at radius 3 is 2.19 bits per heavy atom. The second-order valence-electron chi connectivity index (χ2n) is 4.97. The first-order valence-corrected chi connectivity index (χ1v) is 6.96. The van der Waals surface area contributed by atoms with Crippen LogP contribution in [0.5, 0.6) is 0 Å². The molecule has 0 saturated heterocycles. The maximum absolute atomic E-state index is 12.2. The zero-order chi connectivity index (χ0) is 15.1. The average molecular weight is 284 g/mol. The van der Waals surface area contributed by atoms with Crippen molar-refractivity contribution in [2.24, 2.45) is 5.73 Å². The van der Waals surface area contributed by atoms with Crippen molar-refractivity contribution < 1.29 is 9.90 Å². The molecule has 0 heterocycles. The van der Waals surface area contributed by atoms with Gasteiger partial charge in [0.2, 0.25) is 5.91 Å². The molecule has 4 N–H and O–H groups in total. The van der Waals surface area contributed by atoms with Gasteiger partial charge in [-0.25, -0.2) is 0 Å². The van der Waals surface area contributed by atoms with Gasteiger partial charge in [-0.2, -0.15) is 0 Å². The van der Waals surface area contributed by atoms with Crippen molar-refractivity contribution >= 4 is 5.91 Å². The smallest absolute Gasteiger partial charge is 0.241 e. The molecule has 1 amide bonds. The van der Waals surface area contributed by atoms with E-state index in [4.69, 9.17) is 5.73 Å². The summed E-state index contributed by atoms with van der Waals surface area (Å²) in [6.07, 6.45) is 0.574. The van der Waals surface area contributed by atoms with Crippen LogP contribution in [-0.4, -0.2) is 23.7 Å². The number of carbonyl (C=O) groups is 1. The highest BCUT2D eigenvalue weighted by Crippen LogP contribution is 2.10. The molecule has 2 atom stereocenters. The Bertz CT molecular complexity index is 558. The Morgan fingerprint density at radius 2 is 1.62 bits per heavy atom. The van der Waals surface area contributed by atoms with Crippen molar-refractivity contribution in [2.45, 2.75) is 18.5 Å². The Labute approximate surface area is 124 Å². The summed E-state index contributed by atoms with van der Waals surface area (Å²) >= 11 is 0. The van der Waals surface area contributed by atoms with Crippen LogP contribution in [0.4, 0.5) is 0 Å². The Morgan fingerprint density at radius 1 is 1.05 bits per heavy atom. The van der Waals surface area contributed by atoms with Crippen molar-refractivity contribution in [1.29, 1.82) is 0 Å². The number of hydrogen-bond acceptors (Lipinski definition) is 3. The van der Waals surface area contributed by atoms with Crippen molar-refractivity contribution in [3.63, 3.8) is 0 Å². The second-order valence-corrected chi connectivity index (χ2v) is 4.97. The number of nitrogens with one attached hydrogen (secondary N) is 1. The molecule has 0 aromatic heterocycles. The van der Waals surface area contributed by atoms with Crippen LogP contribution in [0.1, 0.15) is 17.2 Å². The number of aliphatic hydroxyl groups is 1. The number of nitrogens with two attached hydrogens (primary N) is 1. The topological polar surface area (TPSA) is 75.4 Å². The summed E-state index contributed by atoms with van der Waals surface area (Å²) in [6, 6.07) is 17.9. The standard InChI is InChI=1S/C17H20N2O2/c18-16(14-9-5-2-6-10-14)17(21)19-15(12-20)11-13-7-3-1-4-8-13/h1-10,15-16,20H,11-12,18H2,(H,19,21)/t15-,16?/m1/s1. The molecular weight excluding hydrogens is 264 g/mol. The lowest BCUT2D eigenvalue weighted by molar-refractivity contribution is -0.123. The quantitative estimate of drug-likeness (QED) is 0.750. The minimum Gasteiger partial charge on any atom is -0.394 e. The maximum atomic E-state index is 12.2. The van der Waals surface area contributed by atoms with Gasteiger partial charge in [-0.15, -0.1) is 0 Å². The SMILES string of the molecule is NC(C(=O)N[C@@H](CO)Cc1ccccc1)c1ccccc1. The normalized spacial score (nSPS) is 13.4. The van der Waals surface area contributed by atoms with Gasteiger partial charge in [0.25, 0.3) is 0 Å². The van der Waals surface area contributed by atoms with Gasteiger partial charge < -0.3 is 16.2 Å². The summed E-state index contributed by atoms with van der Waals surface area (Å²) in [5, 5.41) is 12.2. The third kappa shape index (κ3) is 4.41. The highest BCUT2D eigenvalue weighted by molar-refractivity contribution is 5.83. The fourth-order valence-electron chi connectivity index (χ4n) is 2.16. The van der Waals surface area contributed by atoms with Gasteiger partial charge in [0, 0.05) is 0 Å². The Hall–Kier alpha value is -2.17. The zero-order valence-corrected chi connectivity index (χ0v) is 11.8. The minimum atomic E-state index is -0.726. The van der Waals surface area contributed by atoms with E-state index in [9.17, 15) is 9.90 Å². The van der Waals surface area contributed by atoms with Gasteiger partial charge in [-0.3, -0.25) is 4.79 Å². The molecule has 0 aliphatic rings. The molecule has 0 saturated carbocycles. The van der Waals surface area contributed by atoms with Gasteiger partial charge in [0.05, 0.1) is 12.6 Å². The number of hydrogen-bond donors (Lipinski definition) is 3. The van der Waals surface area contributed by atoms with Gasteiger partial charge in [-0.05, 0) is 17.5 Å². The number of aliphatic hydroxyl groups excluding tert-OH is 1. The van der Waals surface area contributed by atoms with E-state index in [1.165, 1.54) is 0 Å². The van der Waals surface area contributed by atoms with E-state index in [1.54, 1.807) is 0 Å². The third-order valence-corrected chi connectivity index (χ3v) is 3.33. The summed E-state index contributed by atoms with van der Waals surface area (Å²) in [5.41, 5.74) is 7.76. The van der Waals surface area contributed by atoms with E-state index < -0.39 is 6.04 Å². The predicted octanol–water partition coefficient (Wildman–Crippen LogP) is 1.41. The van der Waals surface area contributed by atoms with Crippen LogP contribution in [0.25, 0.3) is 0 Å². The number of amides is 1. The average Bonchev–Trinajstić information content (AvgIpc) is 2.55. The van der Waals surface area contributed by atoms with Gasteiger partial charge in [0.1, 0.15) is 6.04 Å². The van der Waals surface area contributed by atoms with Crippen molar-refractivity contribution in [3.05, 3.63) is 71.8 Å². The van der Waals surface area contributed by atoms with Gasteiger partial charge in [-0.1, -0.05) is 60.7 Å². The molecule has 0 aliphatic heterocycles. The van der Waals surface area contributed by atoms with Crippen LogP contribution in [-0.2, 0) is 11.2 Å². The lowest BCUT2D eigenvalue weighted by atomic mass is 10.0. The third-order valence-electron chi connectivity index (χ3n) is 3.33. The molecule has 0 fully saturated rings. The molecule has 1 unspecified atom stereocenters. The lowest BCUT2D eigenvalue weighted by Gasteiger charge is -2.19. The van der Waals surface area contributed by atoms with Crippen molar-refractivity contribution in [2.75, 3.05) is 6.61 Å². The fraction of sp³-hybridized carbons (Fsp3) is 0.235. The van der Waals surface area contributed by atoms with Crippen LogP contribution >= 0.6 is 0 Å². The Kier molecular flexibility index (Phi) is 5.49. The molecular formula is C17H20N2O2. The number of benzene rings is 2. The Balaban J connectivity index is 1.96. The van der Waals surface area contributed by atoms with Crippen molar-refractivity contribution in [3.8, 4) is 0 Å². The van der Waals surface area contributed by atoms with Crippen LogP contribution in [0, 0.1) is 0 Å². The molecule has 2 aromatic rings. The van der Waals surface area contributed by atoms with Crippen LogP contribution < -0.4 is 11.1 Å².